The fourth-order valence-electron chi connectivity index (χ4n) is 2.68. The van der Waals surface area contributed by atoms with Crippen molar-refractivity contribution >= 4 is 62.4 Å². The number of hydrogen-bond donors (Lipinski definition) is 2. The summed E-state index contributed by atoms with van der Waals surface area (Å²) in [5, 5.41) is 7.07. The fraction of sp³-hybridized carbons (Fsp3) is 0.250. The van der Waals surface area contributed by atoms with Gasteiger partial charge in [-0.3, -0.25) is 9.59 Å². The third kappa shape index (κ3) is 4.84. The SMILES string of the molecule is O=C(CSCc1nc2ccccc2s1)Nc1ccc(C(=O)NC2CC2)c(Cl)c1. The molecule has 0 saturated heterocycles. The van der Waals surface area contributed by atoms with Crippen molar-refractivity contribution in [3.8, 4) is 0 Å². The van der Waals surface area contributed by atoms with Crippen molar-refractivity contribution in [3.63, 3.8) is 0 Å². The molecule has 0 bridgehead atoms. The first-order valence-corrected chi connectivity index (χ1v) is 11.3. The number of rotatable bonds is 7. The van der Waals surface area contributed by atoms with E-state index in [0.717, 1.165) is 28.1 Å². The van der Waals surface area contributed by atoms with E-state index < -0.39 is 0 Å². The maximum atomic E-state index is 12.2. The van der Waals surface area contributed by atoms with E-state index in [9.17, 15) is 9.59 Å². The Balaban J connectivity index is 1.28. The van der Waals surface area contributed by atoms with Crippen LogP contribution in [-0.2, 0) is 10.5 Å². The molecule has 0 unspecified atom stereocenters. The van der Waals surface area contributed by atoms with E-state index in [-0.39, 0.29) is 17.9 Å². The molecule has 1 heterocycles. The number of amides is 2. The average Bonchev–Trinajstić information content (AvgIpc) is 3.37. The van der Waals surface area contributed by atoms with Gasteiger partial charge in [0.15, 0.2) is 0 Å². The van der Waals surface area contributed by atoms with Crippen molar-refractivity contribution in [2.24, 2.45) is 0 Å². The van der Waals surface area contributed by atoms with Gasteiger partial charge in [0.2, 0.25) is 5.91 Å². The van der Waals surface area contributed by atoms with E-state index in [1.807, 2.05) is 24.3 Å². The molecule has 2 aromatic carbocycles. The number of halogens is 1. The molecule has 28 heavy (non-hydrogen) atoms. The summed E-state index contributed by atoms with van der Waals surface area (Å²) in [5.41, 5.74) is 2.00. The second-order valence-corrected chi connectivity index (χ2v) is 9.07. The predicted octanol–water partition coefficient (Wildman–Crippen LogP) is 4.71. The number of para-hydroxylation sites is 1. The van der Waals surface area contributed by atoms with Gasteiger partial charge in [0.25, 0.3) is 5.91 Å². The van der Waals surface area contributed by atoms with Gasteiger partial charge in [-0.05, 0) is 43.2 Å². The molecular weight excluding hydrogens is 414 g/mol. The molecule has 1 aliphatic rings. The molecule has 144 valence electrons. The minimum atomic E-state index is -0.170. The number of thiazole rings is 1. The lowest BCUT2D eigenvalue weighted by Crippen LogP contribution is -2.25. The molecule has 2 N–H and O–H groups in total. The molecule has 0 atom stereocenters. The molecule has 8 heteroatoms. The molecule has 4 rings (SSSR count). The summed E-state index contributed by atoms with van der Waals surface area (Å²) >= 11 is 9.37. The molecule has 2 amide bonds. The highest BCUT2D eigenvalue weighted by Gasteiger charge is 2.24. The monoisotopic (exact) mass is 431 g/mol. The molecule has 1 fully saturated rings. The lowest BCUT2D eigenvalue weighted by atomic mass is 10.2. The average molecular weight is 432 g/mol. The number of nitrogens with zero attached hydrogens (tertiary/aromatic N) is 1. The molecule has 1 aromatic heterocycles. The number of benzene rings is 2. The van der Waals surface area contributed by atoms with E-state index in [4.69, 9.17) is 11.6 Å². The van der Waals surface area contributed by atoms with Crippen LogP contribution in [-0.4, -0.2) is 28.6 Å². The van der Waals surface area contributed by atoms with Crippen molar-refractivity contribution in [1.82, 2.24) is 10.3 Å². The maximum Gasteiger partial charge on any atom is 0.253 e. The Bertz CT molecular complexity index is 1000. The second kappa shape index (κ2) is 8.51. The van der Waals surface area contributed by atoms with E-state index in [0.29, 0.717) is 27.8 Å². The summed E-state index contributed by atoms with van der Waals surface area (Å²) in [4.78, 5) is 28.9. The van der Waals surface area contributed by atoms with Crippen LogP contribution < -0.4 is 10.6 Å². The van der Waals surface area contributed by atoms with Crippen LogP contribution in [0.25, 0.3) is 10.2 Å². The van der Waals surface area contributed by atoms with Crippen LogP contribution in [0.5, 0.6) is 0 Å². The topological polar surface area (TPSA) is 71.1 Å². The number of fused-ring (bicyclic) bond motifs is 1. The van der Waals surface area contributed by atoms with Crippen LogP contribution in [0.4, 0.5) is 5.69 Å². The predicted molar refractivity (Wildman–Crippen MR) is 116 cm³/mol. The minimum Gasteiger partial charge on any atom is -0.349 e. The van der Waals surface area contributed by atoms with Crippen LogP contribution >= 0.6 is 34.7 Å². The summed E-state index contributed by atoms with van der Waals surface area (Å²) in [6, 6.07) is 13.2. The highest BCUT2D eigenvalue weighted by atomic mass is 35.5. The summed E-state index contributed by atoms with van der Waals surface area (Å²) in [6.07, 6.45) is 2.04. The smallest absolute Gasteiger partial charge is 0.253 e. The Morgan fingerprint density at radius 2 is 2.04 bits per heavy atom. The Morgan fingerprint density at radius 3 is 2.79 bits per heavy atom. The number of anilines is 1. The van der Waals surface area contributed by atoms with E-state index >= 15 is 0 Å². The van der Waals surface area contributed by atoms with E-state index in [2.05, 4.69) is 15.6 Å². The van der Waals surface area contributed by atoms with Gasteiger partial charge in [-0.15, -0.1) is 23.1 Å². The zero-order valence-electron chi connectivity index (χ0n) is 14.9. The Labute approximate surface area is 175 Å². The lowest BCUT2D eigenvalue weighted by molar-refractivity contribution is -0.113. The fourth-order valence-corrected chi connectivity index (χ4v) is 4.79. The first kappa shape index (κ1) is 19.2. The molecule has 1 aliphatic carbocycles. The Kier molecular flexibility index (Phi) is 5.85. The van der Waals surface area contributed by atoms with Crippen LogP contribution in [0, 0.1) is 0 Å². The summed E-state index contributed by atoms with van der Waals surface area (Å²) < 4.78 is 1.16. The number of aromatic nitrogens is 1. The first-order chi connectivity index (χ1) is 13.6. The number of carbonyl (C=O) groups excluding carboxylic acids is 2. The Morgan fingerprint density at radius 1 is 1.21 bits per heavy atom. The van der Waals surface area contributed by atoms with Crippen molar-refractivity contribution < 1.29 is 9.59 Å². The number of hydrogen-bond acceptors (Lipinski definition) is 5. The quantitative estimate of drug-likeness (QED) is 0.568. The van der Waals surface area contributed by atoms with Crippen LogP contribution in [0.1, 0.15) is 28.2 Å². The molecule has 0 spiro atoms. The molecule has 0 aliphatic heterocycles. The maximum absolute atomic E-state index is 12.2. The summed E-state index contributed by atoms with van der Waals surface area (Å²) in [7, 11) is 0. The minimum absolute atomic E-state index is 0.114. The van der Waals surface area contributed by atoms with Crippen molar-refractivity contribution in [2.75, 3.05) is 11.1 Å². The number of nitrogens with one attached hydrogen (secondary N) is 2. The van der Waals surface area contributed by atoms with E-state index in [1.54, 1.807) is 29.5 Å². The van der Waals surface area contributed by atoms with Gasteiger partial charge in [-0.1, -0.05) is 23.7 Å². The third-order valence-electron chi connectivity index (χ3n) is 4.21. The molecular formula is C20H18ClN3O2S2. The van der Waals surface area contributed by atoms with Crippen LogP contribution in [0.3, 0.4) is 0 Å². The van der Waals surface area contributed by atoms with Gasteiger partial charge in [0, 0.05) is 17.5 Å². The van der Waals surface area contributed by atoms with Gasteiger partial charge in [-0.25, -0.2) is 4.98 Å². The van der Waals surface area contributed by atoms with E-state index in [1.165, 1.54) is 11.8 Å². The van der Waals surface area contributed by atoms with Gasteiger partial charge in [-0.2, -0.15) is 0 Å². The molecule has 5 nitrogen and oxygen atoms in total. The van der Waals surface area contributed by atoms with Crippen molar-refractivity contribution in [1.29, 1.82) is 0 Å². The lowest BCUT2D eigenvalue weighted by Gasteiger charge is -2.09. The van der Waals surface area contributed by atoms with Crippen LogP contribution in [0.2, 0.25) is 5.02 Å². The van der Waals surface area contributed by atoms with Gasteiger partial charge < -0.3 is 10.6 Å². The summed E-state index contributed by atoms with van der Waals surface area (Å²) in [6.45, 7) is 0. The standard InChI is InChI=1S/C20H18ClN3O2S2/c21-15-9-13(7-8-14(15)20(26)23-12-5-6-12)22-18(25)10-27-11-19-24-16-3-1-2-4-17(16)28-19/h1-4,7-9,12H,5-6,10-11H2,(H,22,25)(H,23,26). The van der Waals surface area contributed by atoms with Crippen LogP contribution in [0.15, 0.2) is 42.5 Å². The van der Waals surface area contributed by atoms with Crippen molar-refractivity contribution in [2.45, 2.75) is 24.6 Å². The summed E-state index contributed by atoms with van der Waals surface area (Å²) in [5.74, 6) is 0.722. The molecule has 3 aromatic rings. The first-order valence-electron chi connectivity index (χ1n) is 8.91. The van der Waals surface area contributed by atoms with Crippen molar-refractivity contribution in [3.05, 3.63) is 58.1 Å². The zero-order chi connectivity index (χ0) is 19.5. The normalized spacial score (nSPS) is 13.5. The zero-order valence-corrected chi connectivity index (χ0v) is 17.3. The third-order valence-corrected chi connectivity index (χ3v) is 6.68. The second-order valence-electron chi connectivity index (χ2n) is 6.56. The number of carbonyl (C=O) groups is 2. The molecule has 0 radical (unpaired) electrons. The Hall–Kier alpha value is -2.09. The largest absolute Gasteiger partial charge is 0.349 e. The van der Waals surface area contributed by atoms with Gasteiger partial charge in [0.05, 0.1) is 26.6 Å². The number of thioether (sulfide) groups is 1. The van der Waals surface area contributed by atoms with Gasteiger partial charge >= 0.3 is 0 Å². The molecule has 1 saturated carbocycles. The highest BCUT2D eigenvalue weighted by molar-refractivity contribution is 7.99. The highest BCUT2D eigenvalue weighted by Crippen LogP contribution is 2.26. The van der Waals surface area contributed by atoms with Gasteiger partial charge in [0.1, 0.15) is 5.01 Å².